The van der Waals surface area contributed by atoms with Crippen molar-refractivity contribution in [3.63, 3.8) is 0 Å². The first kappa shape index (κ1) is 18.3. The van der Waals surface area contributed by atoms with Crippen LogP contribution in [-0.4, -0.2) is 14.7 Å². The van der Waals surface area contributed by atoms with E-state index in [4.69, 9.17) is 5.11 Å². The molecule has 0 aliphatic heterocycles. The number of aromatic hydroxyl groups is 1. The smallest absolute Gasteiger partial charge is 0.142 e. The summed E-state index contributed by atoms with van der Waals surface area (Å²) >= 11 is 9.11. The van der Waals surface area contributed by atoms with E-state index in [-0.39, 0.29) is 0 Å². The second kappa shape index (κ2) is 10.9. The third kappa shape index (κ3) is 8.34. The molecule has 0 aliphatic rings. The molecule has 0 aliphatic carbocycles. The predicted molar refractivity (Wildman–Crippen MR) is 95.0 cm³/mol. The highest BCUT2D eigenvalue weighted by Crippen LogP contribution is 2.17. The van der Waals surface area contributed by atoms with Gasteiger partial charge in [-0.1, -0.05) is 49.2 Å². The van der Waals surface area contributed by atoms with Gasteiger partial charge in [0.1, 0.15) is 15.0 Å². The molecule has 2 aromatic rings. The number of thiol groups is 2. The molecule has 1 N–H and O–H groups in total. The number of aryl methyl sites for hydroxylation is 1. The Hall–Kier alpha value is -0.720. The highest BCUT2D eigenvalue weighted by Gasteiger charge is 1.94. The van der Waals surface area contributed by atoms with Crippen molar-refractivity contribution >= 4 is 36.8 Å². The lowest BCUT2D eigenvalue weighted by atomic mass is 10.1. The van der Waals surface area contributed by atoms with Crippen molar-refractivity contribution in [2.75, 3.05) is 0 Å². The summed E-state index contributed by atoms with van der Waals surface area (Å²) in [5.41, 5.74) is 1.33. The molecule has 1 aromatic heterocycles. The number of rotatable bonds is 6. The first-order valence-electron chi connectivity index (χ1n) is 7.11. The second-order valence-electron chi connectivity index (χ2n) is 4.73. The van der Waals surface area contributed by atoms with Crippen molar-refractivity contribution in [2.24, 2.45) is 0 Å². The maximum Gasteiger partial charge on any atom is 0.142 e. The summed E-state index contributed by atoms with van der Waals surface area (Å²) in [6.45, 7) is 2.24. The van der Waals surface area contributed by atoms with Crippen molar-refractivity contribution in [3.8, 4) is 5.75 Å². The molecular formula is C15H22N2OS3. The normalized spacial score (nSPS) is 10.0. The minimum Gasteiger partial charge on any atom is -0.508 e. The van der Waals surface area contributed by atoms with Crippen molar-refractivity contribution in [1.82, 2.24) is 9.59 Å². The van der Waals surface area contributed by atoms with Crippen LogP contribution in [0.5, 0.6) is 5.75 Å². The summed E-state index contributed by atoms with van der Waals surface area (Å²) < 4.78 is 4.33. The number of aromatic nitrogens is 2. The zero-order valence-electron chi connectivity index (χ0n) is 12.2. The monoisotopic (exact) mass is 342 g/mol. The largest absolute Gasteiger partial charge is 0.508 e. The van der Waals surface area contributed by atoms with Gasteiger partial charge in [0.05, 0.1) is 0 Å². The van der Waals surface area contributed by atoms with Gasteiger partial charge >= 0.3 is 0 Å². The van der Waals surface area contributed by atoms with E-state index in [2.05, 4.69) is 41.8 Å². The number of hydrogen-bond acceptors (Lipinski definition) is 6. The number of phenolic OH excluding ortho intramolecular Hbond substituents is 1. The Kier molecular flexibility index (Phi) is 9.54. The summed E-state index contributed by atoms with van der Waals surface area (Å²) in [6, 6.07) is 7.55. The topological polar surface area (TPSA) is 46.0 Å². The van der Waals surface area contributed by atoms with Crippen molar-refractivity contribution < 1.29 is 5.11 Å². The molecule has 0 atom stereocenters. The molecule has 116 valence electrons. The number of phenols is 1. The Morgan fingerprint density at radius 1 is 1.05 bits per heavy atom. The molecule has 21 heavy (non-hydrogen) atoms. The first-order valence-corrected chi connectivity index (χ1v) is 8.78. The van der Waals surface area contributed by atoms with E-state index < -0.39 is 0 Å². The van der Waals surface area contributed by atoms with Crippen molar-refractivity contribution in [3.05, 3.63) is 29.8 Å². The van der Waals surface area contributed by atoms with Gasteiger partial charge in [0, 0.05) is 0 Å². The van der Waals surface area contributed by atoms with Crippen molar-refractivity contribution in [1.29, 1.82) is 0 Å². The average Bonchev–Trinajstić information content (AvgIpc) is 2.85. The SMILES string of the molecule is CCCCCCCc1ccc(O)cc1.Sc1nnsc1S. The van der Waals surface area contributed by atoms with Crippen LogP contribution >= 0.6 is 36.8 Å². The van der Waals surface area contributed by atoms with Gasteiger partial charge in [-0.3, -0.25) is 0 Å². The summed E-state index contributed by atoms with van der Waals surface area (Å²) in [5.74, 6) is 0.361. The Morgan fingerprint density at radius 2 is 1.71 bits per heavy atom. The Bertz CT molecular complexity index is 483. The van der Waals surface area contributed by atoms with Gasteiger partial charge in [-0.2, -0.15) is 0 Å². The highest BCUT2D eigenvalue weighted by molar-refractivity contribution is 7.85. The predicted octanol–water partition coefficient (Wildman–Crippen LogP) is 5.02. The number of hydrogen-bond donors (Lipinski definition) is 3. The van der Waals surface area contributed by atoms with Gasteiger partial charge in [0.25, 0.3) is 0 Å². The lowest BCUT2D eigenvalue weighted by Gasteiger charge is -2.01. The van der Waals surface area contributed by atoms with E-state index in [9.17, 15) is 0 Å². The molecule has 0 unspecified atom stereocenters. The molecule has 0 amide bonds. The number of unbranched alkanes of at least 4 members (excludes halogenated alkanes) is 4. The minimum absolute atomic E-state index is 0.361. The molecule has 6 heteroatoms. The molecular weight excluding hydrogens is 320 g/mol. The first-order chi connectivity index (χ1) is 10.1. The van der Waals surface area contributed by atoms with Crippen molar-refractivity contribution in [2.45, 2.75) is 54.7 Å². The fraction of sp³-hybridized carbons (Fsp3) is 0.467. The molecule has 0 bridgehead atoms. The summed E-state index contributed by atoms with van der Waals surface area (Å²) in [5, 5.41) is 13.3. The molecule has 0 spiro atoms. The van der Waals surface area contributed by atoms with Crippen LogP contribution in [0.15, 0.2) is 33.5 Å². The van der Waals surface area contributed by atoms with Crippen LogP contribution in [0.1, 0.15) is 44.6 Å². The third-order valence-electron chi connectivity index (χ3n) is 2.96. The van der Waals surface area contributed by atoms with Gasteiger partial charge in [0.15, 0.2) is 0 Å². The van der Waals surface area contributed by atoms with Gasteiger partial charge in [0.2, 0.25) is 0 Å². The highest BCUT2D eigenvalue weighted by atomic mass is 32.2. The van der Waals surface area contributed by atoms with E-state index >= 15 is 0 Å². The number of nitrogens with zero attached hydrogens (tertiary/aromatic N) is 2. The van der Waals surface area contributed by atoms with E-state index in [1.165, 1.54) is 49.2 Å². The lowest BCUT2D eigenvalue weighted by Crippen LogP contribution is -1.85. The molecule has 3 nitrogen and oxygen atoms in total. The van der Waals surface area contributed by atoms with Crippen LogP contribution in [0, 0.1) is 0 Å². The molecule has 0 saturated carbocycles. The van der Waals surface area contributed by atoms with Crippen LogP contribution in [0.2, 0.25) is 0 Å². The quantitative estimate of drug-likeness (QED) is 0.510. The zero-order chi connectivity index (χ0) is 15.5. The van der Waals surface area contributed by atoms with E-state index in [0.717, 1.165) is 10.6 Å². The van der Waals surface area contributed by atoms with Crippen LogP contribution in [0.4, 0.5) is 0 Å². The molecule has 0 radical (unpaired) electrons. The molecule has 0 fully saturated rings. The second-order valence-corrected chi connectivity index (χ2v) is 6.66. The summed E-state index contributed by atoms with van der Waals surface area (Å²) in [7, 11) is 0. The van der Waals surface area contributed by atoms with Gasteiger partial charge in [-0.05, 0) is 42.1 Å². The Morgan fingerprint density at radius 3 is 2.19 bits per heavy atom. The fourth-order valence-electron chi connectivity index (χ4n) is 1.78. The van der Waals surface area contributed by atoms with Crippen LogP contribution < -0.4 is 0 Å². The summed E-state index contributed by atoms with van der Waals surface area (Å²) in [6.07, 6.45) is 7.76. The van der Waals surface area contributed by atoms with E-state index in [0.29, 0.717) is 10.8 Å². The molecule has 1 aromatic carbocycles. The standard InChI is InChI=1S/C13H20O.C2H2N2S3/c1-2-3-4-5-6-7-12-8-10-13(14)11-9-12;5-1-2(6)7-4-3-1/h8-11,14H,2-7H2,1H3;5-6H. The fourth-order valence-corrected chi connectivity index (χ4v) is 2.48. The molecule has 2 rings (SSSR count). The maximum absolute atomic E-state index is 9.10. The minimum atomic E-state index is 0.361. The molecule has 1 heterocycles. The summed E-state index contributed by atoms with van der Waals surface area (Å²) in [4.78, 5) is 0. The Balaban J connectivity index is 0.000000262. The van der Waals surface area contributed by atoms with Crippen LogP contribution in [0.3, 0.4) is 0 Å². The zero-order valence-corrected chi connectivity index (χ0v) is 14.8. The van der Waals surface area contributed by atoms with E-state index in [1.807, 2.05) is 12.1 Å². The Labute approximate surface area is 141 Å². The van der Waals surface area contributed by atoms with Crippen LogP contribution in [0.25, 0.3) is 0 Å². The molecule has 0 saturated heterocycles. The van der Waals surface area contributed by atoms with E-state index in [1.54, 1.807) is 12.1 Å². The van der Waals surface area contributed by atoms with Gasteiger partial charge < -0.3 is 5.11 Å². The lowest BCUT2D eigenvalue weighted by molar-refractivity contribution is 0.475. The van der Waals surface area contributed by atoms with Gasteiger partial charge in [-0.25, -0.2) is 0 Å². The number of benzene rings is 1. The average molecular weight is 343 g/mol. The maximum atomic E-state index is 9.10. The third-order valence-corrected chi connectivity index (χ3v) is 4.59. The van der Waals surface area contributed by atoms with Crippen LogP contribution in [-0.2, 0) is 6.42 Å². The van der Waals surface area contributed by atoms with Gasteiger partial charge in [-0.15, -0.1) is 30.4 Å².